The smallest absolute Gasteiger partial charge is 0.225 e. The van der Waals surface area contributed by atoms with E-state index in [1.165, 1.54) is 11.1 Å². The van der Waals surface area contributed by atoms with Gasteiger partial charge in [0.15, 0.2) is 0 Å². The Morgan fingerprint density at radius 1 is 1.06 bits per heavy atom. The number of aliphatic hydroxyl groups is 1. The second-order valence-electron chi connectivity index (χ2n) is 9.08. The fourth-order valence-corrected chi connectivity index (χ4v) is 5.90. The quantitative estimate of drug-likeness (QED) is 0.775. The Bertz CT molecular complexity index is 908. The minimum absolute atomic E-state index is 0.0402. The third kappa shape index (κ3) is 3.68. The highest BCUT2D eigenvalue weighted by molar-refractivity contribution is 6.30. The lowest BCUT2D eigenvalue weighted by atomic mass is 9.60. The molecule has 1 spiro atoms. The maximum atomic E-state index is 13.1. The van der Waals surface area contributed by atoms with Crippen LogP contribution in [-0.2, 0) is 16.1 Å². The molecule has 0 aromatic heterocycles. The van der Waals surface area contributed by atoms with Gasteiger partial charge in [-0.3, -0.25) is 9.69 Å². The SMILES string of the molecule is O=C(C1CCOCC1)N1CC2(C1)[C@@H](c1ccccc1)[C@H](CO)N2Cc1ccc(Cl)cc1. The Labute approximate surface area is 188 Å². The number of carbonyl (C=O) groups is 1. The zero-order valence-corrected chi connectivity index (χ0v) is 18.4. The van der Waals surface area contributed by atoms with Gasteiger partial charge < -0.3 is 14.7 Å². The van der Waals surface area contributed by atoms with Gasteiger partial charge in [0.25, 0.3) is 0 Å². The summed E-state index contributed by atoms with van der Waals surface area (Å²) >= 11 is 6.07. The summed E-state index contributed by atoms with van der Waals surface area (Å²) in [4.78, 5) is 17.5. The number of hydrogen-bond donors (Lipinski definition) is 1. The van der Waals surface area contributed by atoms with E-state index in [1.54, 1.807) is 0 Å². The van der Waals surface area contributed by atoms with E-state index in [4.69, 9.17) is 16.3 Å². The average molecular weight is 441 g/mol. The van der Waals surface area contributed by atoms with Crippen molar-refractivity contribution < 1.29 is 14.6 Å². The van der Waals surface area contributed by atoms with Crippen LogP contribution in [0.25, 0.3) is 0 Å². The van der Waals surface area contributed by atoms with E-state index in [2.05, 4.69) is 29.2 Å². The van der Waals surface area contributed by atoms with Crippen molar-refractivity contribution in [3.05, 3.63) is 70.7 Å². The van der Waals surface area contributed by atoms with Crippen LogP contribution in [0, 0.1) is 5.92 Å². The molecule has 2 aromatic rings. The van der Waals surface area contributed by atoms with Gasteiger partial charge in [0.2, 0.25) is 5.91 Å². The van der Waals surface area contributed by atoms with E-state index in [1.807, 2.05) is 35.2 Å². The molecule has 2 atom stereocenters. The van der Waals surface area contributed by atoms with Crippen molar-refractivity contribution in [1.82, 2.24) is 9.80 Å². The van der Waals surface area contributed by atoms with Crippen LogP contribution in [0.5, 0.6) is 0 Å². The second-order valence-corrected chi connectivity index (χ2v) is 9.51. The summed E-state index contributed by atoms with van der Waals surface area (Å²) in [5.74, 6) is 0.559. The van der Waals surface area contributed by atoms with Gasteiger partial charge in [-0.15, -0.1) is 0 Å². The Morgan fingerprint density at radius 3 is 2.39 bits per heavy atom. The van der Waals surface area contributed by atoms with E-state index in [-0.39, 0.29) is 35.9 Å². The normalized spacial score (nSPS) is 25.8. The number of benzene rings is 2. The molecular formula is C25H29ClN2O3. The molecule has 31 heavy (non-hydrogen) atoms. The van der Waals surface area contributed by atoms with Gasteiger partial charge in [0, 0.05) is 55.7 Å². The first-order chi connectivity index (χ1) is 15.1. The maximum Gasteiger partial charge on any atom is 0.225 e. The van der Waals surface area contributed by atoms with Gasteiger partial charge >= 0.3 is 0 Å². The van der Waals surface area contributed by atoms with Gasteiger partial charge in [-0.05, 0) is 36.1 Å². The molecule has 164 valence electrons. The highest BCUT2D eigenvalue weighted by Crippen LogP contribution is 2.54. The second kappa shape index (κ2) is 8.55. The van der Waals surface area contributed by atoms with Crippen LogP contribution in [-0.4, -0.2) is 65.3 Å². The molecule has 1 N–H and O–H groups in total. The molecule has 0 radical (unpaired) electrons. The van der Waals surface area contributed by atoms with Crippen LogP contribution < -0.4 is 0 Å². The van der Waals surface area contributed by atoms with Gasteiger partial charge in [0.05, 0.1) is 12.1 Å². The summed E-state index contributed by atoms with van der Waals surface area (Å²) in [6.45, 7) is 3.63. The van der Waals surface area contributed by atoms with Crippen LogP contribution in [0.3, 0.4) is 0 Å². The van der Waals surface area contributed by atoms with Crippen molar-refractivity contribution in [2.24, 2.45) is 5.92 Å². The van der Waals surface area contributed by atoms with Crippen molar-refractivity contribution >= 4 is 17.5 Å². The van der Waals surface area contributed by atoms with Crippen LogP contribution in [0.15, 0.2) is 54.6 Å². The number of carbonyl (C=O) groups excluding carboxylic acids is 1. The van der Waals surface area contributed by atoms with Crippen molar-refractivity contribution in [1.29, 1.82) is 0 Å². The number of nitrogens with zero attached hydrogens (tertiary/aromatic N) is 2. The summed E-state index contributed by atoms with van der Waals surface area (Å²) in [5.41, 5.74) is 2.28. The zero-order valence-electron chi connectivity index (χ0n) is 17.6. The standard InChI is InChI=1S/C25H29ClN2O3/c26-21-8-6-18(7-9-21)14-28-22(15-29)23(19-4-2-1-3-5-19)25(28)16-27(17-25)24(30)20-10-12-31-13-11-20/h1-9,20,22-23,29H,10-17H2/t22-,23-/m0/s1. The number of ether oxygens (including phenoxy) is 1. The lowest BCUT2D eigenvalue weighted by Crippen LogP contribution is -2.84. The molecule has 0 bridgehead atoms. The van der Waals surface area contributed by atoms with Crippen LogP contribution in [0.4, 0.5) is 0 Å². The Morgan fingerprint density at radius 2 is 1.74 bits per heavy atom. The van der Waals surface area contributed by atoms with E-state index in [0.29, 0.717) is 26.3 Å². The first-order valence-electron chi connectivity index (χ1n) is 11.2. The lowest BCUT2D eigenvalue weighted by Gasteiger charge is -2.71. The first-order valence-corrected chi connectivity index (χ1v) is 11.5. The molecule has 3 aliphatic rings. The fraction of sp³-hybridized carbons (Fsp3) is 0.480. The highest BCUT2D eigenvalue weighted by Gasteiger charge is 2.66. The molecule has 3 heterocycles. The maximum absolute atomic E-state index is 13.1. The van der Waals surface area contributed by atoms with Gasteiger partial charge in [0.1, 0.15) is 0 Å². The molecule has 3 saturated heterocycles. The monoisotopic (exact) mass is 440 g/mol. The number of hydrogen-bond acceptors (Lipinski definition) is 4. The molecule has 6 heteroatoms. The lowest BCUT2D eigenvalue weighted by molar-refractivity contribution is -0.203. The minimum Gasteiger partial charge on any atom is -0.395 e. The van der Waals surface area contributed by atoms with Crippen LogP contribution in [0.1, 0.15) is 29.9 Å². The topological polar surface area (TPSA) is 53.0 Å². The minimum atomic E-state index is -0.130. The molecule has 1 amide bonds. The molecule has 0 unspecified atom stereocenters. The number of halogens is 1. The third-order valence-electron chi connectivity index (χ3n) is 7.36. The molecule has 2 aromatic carbocycles. The Kier molecular flexibility index (Phi) is 5.78. The molecular weight excluding hydrogens is 412 g/mol. The largest absolute Gasteiger partial charge is 0.395 e. The zero-order chi connectivity index (χ0) is 21.4. The predicted molar refractivity (Wildman–Crippen MR) is 120 cm³/mol. The van der Waals surface area contributed by atoms with Crippen molar-refractivity contribution in [2.75, 3.05) is 32.9 Å². The molecule has 0 aliphatic carbocycles. The van der Waals surface area contributed by atoms with E-state index in [0.717, 1.165) is 24.4 Å². The van der Waals surface area contributed by atoms with Gasteiger partial charge in [-0.25, -0.2) is 0 Å². The van der Waals surface area contributed by atoms with Crippen molar-refractivity contribution in [3.8, 4) is 0 Å². The third-order valence-corrected chi connectivity index (χ3v) is 7.61. The number of amides is 1. The molecule has 5 nitrogen and oxygen atoms in total. The van der Waals surface area contributed by atoms with Crippen molar-refractivity contribution in [3.63, 3.8) is 0 Å². The van der Waals surface area contributed by atoms with Gasteiger partial charge in [-0.1, -0.05) is 54.1 Å². The van der Waals surface area contributed by atoms with Crippen molar-refractivity contribution in [2.45, 2.75) is 36.9 Å². The highest BCUT2D eigenvalue weighted by atomic mass is 35.5. The van der Waals surface area contributed by atoms with Gasteiger partial charge in [-0.2, -0.15) is 0 Å². The molecule has 5 rings (SSSR count). The number of aliphatic hydroxyl groups excluding tert-OH is 1. The molecule has 3 aliphatic heterocycles. The Balaban J connectivity index is 1.39. The Hall–Kier alpha value is -1.92. The van der Waals surface area contributed by atoms with Crippen LogP contribution in [0.2, 0.25) is 5.02 Å². The fourth-order valence-electron chi connectivity index (χ4n) is 5.77. The molecule has 3 fully saturated rings. The van der Waals surface area contributed by atoms with E-state index < -0.39 is 0 Å². The summed E-state index contributed by atoms with van der Waals surface area (Å²) in [7, 11) is 0. The first kappa shape index (κ1) is 21.0. The summed E-state index contributed by atoms with van der Waals surface area (Å²) < 4.78 is 5.43. The number of rotatable bonds is 5. The predicted octanol–water partition coefficient (Wildman–Crippen LogP) is 3.31. The number of likely N-dealkylation sites (tertiary alicyclic amines) is 2. The van der Waals surface area contributed by atoms with Crippen LogP contribution >= 0.6 is 11.6 Å². The molecule has 0 saturated carbocycles. The van der Waals surface area contributed by atoms with E-state index in [9.17, 15) is 9.90 Å². The summed E-state index contributed by atoms with van der Waals surface area (Å²) in [6, 6.07) is 18.4. The average Bonchev–Trinajstić information content (AvgIpc) is 2.78. The van der Waals surface area contributed by atoms with E-state index >= 15 is 0 Å². The summed E-state index contributed by atoms with van der Waals surface area (Å²) in [6.07, 6.45) is 1.64. The summed E-state index contributed by atoms with van der Waals surface area (Å²) in [5, 5.41) is 11.0.